The zero-order chi connectivity index (χ0) is 5.70. The Bertz CT molecular complexity index is 122. The van der Waals surface area contributed by atoms with Crippen molar-refractivity contribution in [3.05, 3.63) is 0 Å². The van der Waals surface area contributed by atoms with Gasteiger partial charge in [-0.1, -0.05) is 0 Å². The lowest BCUT2D eigenvalue weighted by molar-refractivity contribution is 0.824. The molecule has 0 radical (unpaired) electrons. The van der Waals surface area contributed by atoms with Crippen LogP contribution < -0.4 is 0 Å². The molecule has 0 aromatic rings. The Morgan fingerprint density at radius 1 is 1.43 bits per heavy atom. The fraction of sp³-hybridized carbons (Fsp3) is 0. The van der Waals surface area contributed by atoms with Crippen molar-refractivity contribution in [3.63, 3.8) is 0 Å². The quantitative estimate of drug-likeness (QED) is 0.212. The third-order valence-corrected chi connectivity index (χ3v) is 0.345. The summed E-state index contributed by atoms with van der Waals surface area (Å²) in [6, 6.07) is 0. The van der Waals surface area contributed by atoms with E-state index in [1.165, 1.54) is 12.4 Å². The third-order valence-electron chi connectivity index (χ3n) is 0.345. The number of nitrogens with one attached hydrogen (secondary N) is 1. The summed E-state index contributed by atoms with van der Waals surface area (Å²) >= 11 is 0. The Hall–Kier alpha value is -1.55. The monoisotopic (exact) mass is 94.0 g/mol. The highest BCUT2D eigenvalue weighted by molar-refractivity contribution is 5.55. The molecule has 7 heavy (non-hydrogen) atoms. The van der Waals surface area contributed by atoms with Crippen molar-refractivity contribution >= 4 is 6.34 Å². The molecule has 0 spiro atoms. The van der Waals surface area contributed by atoms with Gasteiger partial charge in [-0.2, -0.15) is 15.4 Å². The number of rotatable bonds is 1. The van der Waals surface area contributed by atoms with E-state index in [0.717, 1.165) is 0 Å². The zero-order valence-corrected chi connectivity index (χ0v) is 3.42. The molecule has 0 aromatic carbocycles. The number of hydrogen-bond acceptors (Lipinski definition) is 3. The number of hydrogen-bond donors (Lipinski definition) is 1. The summed E-state index contributed by atoms with van der Waals surface area (Å²) in [6.07, 6.45) is 3.50. The minimum atomic E-state index is 0.528. The van der Waals surface area contributed by atoms with Crippen LogP contribution in [0, 0.1) is 28.3 Å². The topological polar surface area (TPSA) is 74.7 Å². The predicted molar refractivity (Wildman–Crippen MR) is 21.8 cm³/mol. The fourth-order valence-electron chi connectivity index (χ4n) is 0.0801. The first-order chi connectivity index (χ1) is 3.35. The van der Waals surface area contributed by atoms with E-state index < -0.39 is 0 Å². The molecule has 0 saturated carbocycles. The molecule has 0 saturated heterocycles. The van der Waals surface area contributed by atoms with E-state index in [0.29, 0.717) is 11.2 Å². The Labute approximate surface area is 40.7 Å². The predicted octanol–water partition coefficient (Wildman–Crippen LogP) is -0.142. The van der Waals surface area contributed by atoms with Crippen LogP contribution >= 0.6 is 0 Å². The zero-order valence-electron chi connectivity index (χ0n) is 3.42. The van der Waals surface area contributed by atoms with Crippen molar-refractivity contribution in [3.8, 4) is 12.4 Å². The molecule has 0 rings (SSSR count). The van der Waals surface area contributed by atoms with E-state index in [1.54, 1.807) is 0 Å². The lowest BCUT2D eigenvalue weighted by Crippen LogP contribution is -2.04. The van der Waals surface area contributed by atoms with Crippen LogP contribution in [0.15, 0.2) is 0 Å². The van der Waals surface area contributed by atoms with Gasteiger partial charge in [0.15, 0.2) is 12.4 Å². The van der Waals surface area contributed by atoms with E-state index in [9.17, 15) is 0 Å². The van der Waals surface area contributed by atoms with E-state index >= 15 is 0 Å². The Morgan fingerprint density at radius 2 is 1.86 bits per heavy atom. The van der Waals surface area contributed by atoms with Crippen molar-refractivity contribution in [1.29, 1.82) is 15.9 Å². The van der Waals surface area contributed by atoms with E-state index in [1.807, 2.05) is 0 Å². The molecule has 0 unspecified atom stereocenters. The standard InChI is InChI=1S/C3H2N4/c4-1-7(2-5)3-6/h1,4H. The molecule has 0 aliphatic carbocycles. The summed E-state index contributed by atoms with van der Waals surface area (Å²) in [4.78, 5) is 0.528. The third kappa shape index (κ3) is 1.35. The molecule has 34 valence electrons. The number of nitrogens with zero attached hydrogens (tertiary/aromatic N) is 3. The SMILES string of the molecule is N#CN(C#N)C=N. The molecule has 4 nitrogen and oxygen atoms in total. The fourth-order valence-corrected chi connectivity index (χ4v) is 0.0801. The Morgan fingerprint density at radius 3 is 1.86 bits per heavy atom. The Kier molecular flexibility index (Phi) is 2.08. The minimum absolute atomic E-state index is 0.528. The molecular formula is C3H2N4. The van der Waals surface area contributed by atoms with Gasteiger partial charge in [-0.25, -0.2) is 0 Å². The summed E-state index contributed by atoms with van der Waals surface area (Å²) < 4.78 is 0. The van der Waals surface area contributed by atoms with E-state index in [-0.39, 0.29) is 0 Å². The first-order valence-electron chi connectivity index (χ1n) is 1.44. The van der Waals surface area contributed by atoms with Crippen molar-refractivity contribution in [1.82, 2.24) is 4.90 Å². The van der Waals surface area contributed by atoms with E-state index in [4.69, 9.17) is 15.9 Å². The molecule has 0 bridgehead atoms. The van der Waals surface area contributed by atoms with Gasteiger partial charge in [0.2, 0.25) is 0 Å². The molecule has 0 aliphatic heterocycles. The molecule has 0 atom stereocenters. The van der Waals surface area contributed by atoms with Crippen LogP contribution in [0.2, 0.25) is 0 Å². The molecule has 0 fully saturated rings. The van der Waals surface area contributed by atoms with Crippen molar-refractivity contribution < 1.29 is 0 Å². The van der Waals surface area contributed by atoms with Gasteiger partial charge >= 0.3 is 0 Å². The maximum Gasteiger partial charge on any atom is 0.199 e. The summed E-state index contributed by atoms with van der Waals surface area (Å²) in [5.41, 5.74) is 0. The average Bonchev–Trinajstić information content (AvgIpc) is 1.72. The van der Waals surface area contributed by atoms with Gasteiger partial charge in [0.05, 0.1) is 0 Å². The summed E-state index contributed by atoms with van der Waals surface area (Å²) in [6.45, 7) is 0. The average molecular weight is 94.1 g/mol. The molecule has 0 heterocycles. The van der Waals surface area contributed by atoms with Crippen LogP contribution in [0.25, 0.3) is 0 Å². The van der Waals surface area contributed by atoms with Crippen LogP contribution in [0.4, 0.5) is 0 Å². The molecule has 0 aromatic heterocycles. The highest BCUT2D eigenvalue weighted by Gasteiger charge is 1.85. The van der Waals surface area contributed by atoms with Gasteiger partial charge in [0.1, 0.15) is 6.34 Å². The second-order valence-electron chi connectivity index (χ2n) is 0.699. The molecule has 0 amide bonds. The number of nitriles is 2. The second-order valence-corrected chi connectivity index (χ2v) is 0.699. The molecular weight excluding hydrogens is 92.1 g/mol. The van der Waals surface area contributed by atoms with E-state index in [2.05, 4.69) is 0 Å². The van der Waals surface area contributed by atoms with Crippen LogP contribution in [0.5, 0.6) is 0 Å². The van der Waals surface area contributed by atoms with Gasteiger partial charge in [-0.3, -0.25) is 5.41 Å². The van der Waals surface area contributed by atoms with Crippen LogP contribution in [0.1, 0.15) is 0 Å². The highest BCUT2D eigenvalue weighted by atomic mass is 15.1. The highest BCUT2D eigenvalue weighted by Crippen LogP contribution is 1.67. The maximum absolute atomic E-state index is 7.83. The first kappa shape index (κ1) is 5.45. The van der Waals surface area contributed by atoms with Crippen LogP contribution in [-0.4, -0.2) is 11.2 Å². The Balaban J connectivity index is 3.73. The van der Waals surface area contributed by atoms with Crippen molar-refractivity contribution in [2.45, 2.75) is 0 Å². The van der Waals surface area contributed by atoms with Crippen LogP contribution in [0.3, 0.4) is 0 Å². The summed E-state index contributed by atoms with van der Waals surface area (Å²) in [7, 11) is 0. The van der Waals surface area contributed by atoms with Gasteiger partial charge in [0, 0.05) is 0 Å². The molecule has 0 aliphatic rings. The normalized spacial score (nSPS) is 5.43. The first-order valence-corrected chi connectivity index (χ1v) is 1.44. The molecule has 4 heteroatoms. The van der Waals surface area contributed by atoms with Gasteiger partial charge in [-0.05, 0) is 0 Å². The summed E-state index contributed by atoms with van der Waals surface area (Å²) in [5.74, 6) is 0. The summed E-state index contributed by atoms with van der Waals surface area (Å²) in [5, 5.41) is 22.0. The second kappa shape index (κ2) is 2.67. The van der Waals surface area contributed by atoms with Gasteiger partial charge < -0.3 is 0 Å². The van der Waals surface area contributed by atoms with Crippen molar-refractivity contribution in [2.24, 2.45) is 0 Å². The maximum atomic E-state index is 7.83. The lowest BCUT2D eigenvalue weighted by atomic mass is 10.9. The van der Waals surface area contributed by atoms with Gasteiger partial charge in [-0.15, -0.1) is 0 Å². The smallest absolute Gasteiger partial charge is 0.199 e. The van der Waals surface area contributed by atoms with Crippen LogP contribution in [-0.2, 0) is 0 Å². The van der Waals surface area contributed by atoms with Gasteiger partial charge in [0.25, 0.3) is 0 Å². The molecule has 1 N–H and O–H groups in total. The minimum Gasteiger partial charge on any atom is -0.290 e. The largest absolute Gasteiger partial charge is 0.290 e. The lowest BCUT2D eigenvalue weighted by Gasteiger charge is -1.85. The van der Waals surface area contributed by atoms with Crippen molar-refractivity contribution in [2.75, 3.05) is 0 Å².